The maximum atomic E-state index is 12.2. The molecule has 1 amide bonds. The van der Waals surface area contributed by atoms with Crippen molar-refractivity contribution in [1.82, 2.24) is 4.90 Å². The molecule has 2 rings (SSSR count). The van der Waals surface area contributed by atoms with Gasteiger partial charge >= 0.3 is 5.97 Å². The number of fused-ring (bicyclic) bond motifs is 1. The van der Waals surface area contributed by atoms with E-state index in [0.717, 1.165) is 13.1 Å². The van der Waals surface area contributed by atoms with Crippen LogP contribution < -0.4 is 0 Å². The van der Waals surface area contributed by atoms with Crippen LogP contribution in [0.15, 0.2) is 0 Å². The fourth-order valence-electron chi connectivity index (χ4n) is 3.13. The molecule has 1 N–H and O–H groups in total. The van der Waals surface area contributed by atoms with Gasteiger partial charge in [0.2, 0.25) is 5.91 Å². The van der Waals surface area contributed by atoms with Crippen molar-refractivity contribution in [3.05, 3.63) is 0 Å². The molecule has 4 atom stereocenters. The number of carbonyl (C=O) groups is 2. The van der Waals surface area contributed by atoms with Gasteiger partial charge in [0.1, 0.15) is 0 Å². The van der Waals surface area contributed by atoms with Crippen LogP contribution in [0.2, 0.25) is 0 Å². The molecule has 2 aliphatic rings. The van der Waals surface area contributed by atoms with Crippen LogP contribution in [-0.2, 0) is 9.59 Å². The quantitative estimate of drug-likeness (QED) is 0.814. The molecule has 1 heterocycles. The van der Waals surface area contributed by atoms with E-state index in [0.29, 0.717) is 11.8 Å². The summed E-state index contributed by atoms with van der Waals surface area (Å²) in [5, 5.41) is 8.93. The minimum atomic E-state index is -0.884. The molecule has 0 aromatic heterocycles. The molecule has 2 fully saturated rings. The highest BCUT2D eigenvalue weighted by molar-refractivity contribution is 5.84. The zero-order chi connectivity index (χ0) is 12.6. The Balaban J connectivity index is 1.95. The van der Waals surface area contributed by atoms with E-state index >= 15 is 0 Å². The van der Waals surface area contributed by atoms with Crippen molar-refractivity contribution < 1.29 is 14.7 Å². The van der Waals surface area contributed by atoms with Gasteiger partial charge in [-0.15, -0.1) is 0 Å². The summed E-state index contributed by atoms with van der Waals surface area (Å²) in [6, 6.07) is 0. The highest BCUT2D eigenvalue weighted by atomic mass is 16.4. The van der Waals surface area contributed by atoms with Gasteiger partial charge in [0.05, 0.1) is 5.92 Å². The van der Waals surface area contributed by atoms with Crippen LogP contribution in [0.3, 0.4) is 0 Å². The number of amides is 1. The van der Waals surface area contributed by atoms with Gasteiger partial charge in [-0.1, -0.05) is 20.3 Å². The molecule has 0 aromatic carbocycles. The molecule has 4 nitrogen and oxygen atoms in total. The van der Waals surface area contributed by atoms with E-state index in [1.54, 1.807) is 13.8 Å². The molecule has 1 saturated heterocycles. The molecule has 0 bridgehead atoms. The largest absolute Gasteiger partial charge is 0.481 e. The molecule has 0 spiro atoms. The van der Waals surface area contributed by atoms with Crippen LogP contribution >= 0.6 is 0 Å². The fraction of sp³-hybridized carbons (Fsp3) is 0.846. The predicted molar refractivity (Wildman–Crippen MR) is 63.4 cm³/mol. The molecule has 4 heteroatoms. The molecule has 96 valence electrons. The molecular formula is C13H21NO3. The number of carbonyl (C=O) groups excluding carboxylic acids is 1. The van der Waals surface area contributed by atoms with Crippen molar-refractivity contribution in [2.24, 2.45) is 23.7 Å². The first-order valence-electron chi connectivity index (χ1n) is 6.52. The fourth-order valence-corrected chi connectivity index (χ4v) is 3.13. The summed E-state index contributed by atoms with van der Waals surface area (Å²) < 4.78 is 0. The van der Waals surface area contributed by atoms with E-state index in [1.165, 1.54) is 19.3 Å². The number of nitrogens with zero attached hydrogens (tertiary/aromatic N) is 1. The standard InChI is InChI=1S/C13H21NO3/c1-8(9(2)13(16)17)12(15)14-6-10-4-3-5-11(10)7-14/h8-11H,3-7H2,1-2H3,(H,16,17). The van der Waals surface area contributed by atoms with Gasteiger partial charge < -0.3 is 10.0 Å². The Morgan fingerprint density at radius 1 is 1.12 bits per heavy atom. The van der Waals surface area contributed by atoms with Crippen molar-refractivity contribution >= 4 is 11.9 Å². The zero-order valence-corrected chi connectivity index (χ0v) is 10.6. The summed E-state index contributed by atoms with van der Waals surface area (Å²) in [5.74, 6) is -0.522. The molecule has 0 radical (unpaired) electrons. The Morgan fingerprint density at radius 3 is 2.12 bits per heavy atom. The Labute approximate surface area is 102 Å². The lowest BCUT2D eigenvalue weighted by Crippen LogP contribution is -2.38. The number of carboxylic acid groups (broad SMARTS) is 1. The Kier molecular flexibility index (Phi) is 3.40. The smallest absolute Gasteiger partial charge is 0.307 e. The van der Waals surface area contributed by atoms with Gasteiger partial charge in [0.25, 0.3) is 0 Å². The van der Waals surface area contributed by atoms with E-state index in [1.807, 2.05) is 4.90 Å². The molecule has 17 heavy (non-hydrogen) atoms. The summed E-state index contributed by atoms with van der Waals surface area (Å²) in [7, 11) is 0. The van der Waals surface area contributed by atoms with Crippen molar-refractivity contribution in [2.45, 2.75) is 33.1 Å². The van der Waals surface area contributed by atoms with Crippen molar-refractivity contribution in [3.63, 3.8) is 0 Å². The van der Waals surface area contributed by atoms with Gasteiger partial charge in [-0.05, 0) is 24.7 Å². The summed E-state index contributed by atoms with van der Waals surface area (Å²) >= 11 is 0. The molecule has 0 aromatic rings. The zero-order valence-electron chi connectivity index (χ0n) is 10.6. The topological polar surface area (TPSA) is 57.6 Å². The van der Waals surface area contributed by atoms with Gasteiger partial charge in [0, 0.05) is 19.0 Å². The van der Waals surface area contributed by atoms with Crippen LogP contribution in [0, 0.1) is 23.7 Å². The Hall–Kier alpha value is -1.06. The summed E-state index contributed by atoms with van der Waals surface area (Å²) in [4.78, 5) is 25.0. The number of carboxylic acids is 1. The van der Waals surface area contributed by atoms with Crippen LogP contribution in [0.1, 0.15) is 33.1 Å². The van der Waals surface area contributed by atoms with Gasteiger partial charge in [-0.3, -0.25) is 9.59 Å². The van der Waals surface area contributed by atoms with Gasteiger partial charge in [-0.2, -0.15) is 0 Å². The van der Waals surface area contributed by atoms with E-state index in [-0.39, 0.29) is 5.91 Å². The normalized spacial score (nSPS) is 31.1. The van der Waals surface area contributed by atoms with Crippen LogP contribution in [-0.4, -0.2) is 35.0 Å². The Bertz CT molecular complexity index is 317. The first-order chi connectivity index (χ1) is 8.00. The maximum absolute atomic E-state index is 12.2. The third kappa shape index (κ3) is 2.31. The molecular weight excluding hydrogens is 218 g/mol. The minimum Gasteiger partial charge on any atom is -0.481 e. The molecule has 4 unspecified atom stereocenters. The van der Waals surface area contributed by atoms with Crippen molar-refractivity contribution in [1.29, 1.82) is 0 Å². The van der Waals surface area contributed by atoms with E-state index in [9.17, 15) is 9.59 Å². The Morgan fingerprint density at radius 2 is 1.65 bits per heavy atom. The van der Waals surface area contributed by atoms with Gasteiger partial charge in [0.15, 0.2) is 0 Å². The number of aliphatic carboxylic acids is 1. The number of hydrogen-bond donors (Lipinski definition) is 1. The highest BCUT2D eigenvalue weighted by Crippen LogP contribution is 2.38. The third-order valence-electron chi connectivity index (χ3n) is 4.57. The summed E-state index contributed by atoms with van der Waals surface area (Å²) in [6.07, 6.45) is 3.76. The first kappa shape index (κ1) is 12.4. The van der Waals surface area contributed by atoms with Crippen molar-refractivity contribution in [2.75, 3.05) is 13.1 Å². The molecule has 1 aliphatic carbocycles. The van der Waals surface area contributed by atoms with Crippen LogP contribution in [0.4, 0.5) is 0 Å². The number of likely N-dealkylation sites (tertiary alicyclic amines) is 1. The lowest BCUT2D eigenvalue weighted by molar-refractivity contribution is -0.148. The second-order valence-corrected chi connectivity index (χ2v) is 5.61. The molecule has 1 saturated carbocycles. The highest BCUT2D eigenvalue weighted by Gasteiger charge is 2.40. The van der Waals surface area contributed by atoms with E-state index in [2.05, 4.69) is 0 Å². The average Bonchev–Trinajstić information content (AvgIpc) is 2.85. The van der Waals surface area contributed by atoms with Crippen LogP contribution in [0.5, 0.6) is 0 Å². The monoisotopic (exact) mass is 239 g/mol. The summed E-state index contributed by atoms with van der Waals surface area (Å²) in [6.45, 7) is 5.04. The van der Waals surface area contributed by atoms with Crippen LogP contribution in [0.25, 0.3) is 0 Å². The SMILES string of the molecule is CC(C(=O)O)C(C)C(=O)N1CC2CCCC2C1. The number of rotatable bonds is 3. The van der Waals surface area contributed by atoms with E-state index in [4.69, 9.17) is 5.11 Å². The van der Waals surface area contributed by atoms with E-state index < -0.39 is 17.8 Å². The second-order valence-electron chi connectivity index (χ2n) is 5.61. The third-order valence-corrected chi connectivity index (χ3v) is 4.57. The lowest BCUT2D eigenvalue weighted by Gasteiger charge is -2.23. The average molecular weight is 239 g/mol. The number of hydrogen-bond acceptors (Lipinski definition) is 2. The van der Waals surface area contributed by atoms with Crippen molar-refractivity contribution in [3.8, 4) is 0 Å². The predicted octanol–water partition coefficient (Wildman–Crippen LogP) is 1.60. The molecule has 1 aliphatic heterocycles. The summed E-state index contributed by atoms with van der Waals surface area (Å²) in [5.41, 5.74) is 0. The lowest BCUT2D eigenvalue weighted by atomic mass is 9.95. The minimum absolute atomic E-state index is 0.0225. The maximum Gasteiger partial charge on any atom is 0.307 e. The van der Waals surface area contributed by atoms with Gasteiger partial charge in [-0.25, -0.2) is 0 Å². The first-order valence-corrected chi connectivity index (χ1v) is 6.52. The second kappa shape index (κ2) is 4.67.